The van der Waals surface area contributed by atoms with Gasteiger partial charge in [-0.1, -0.05) is 92.2 Å². The summed E-state index contributed by atoms with van der Waals surface area (Å²) in [4.78, 5) is 2.39. The van der Waals surface area contributed by atoms with Crippen molar-refractivity contribution in [2.45, 2.75) is 31.8 Å². The van der Waals surface area contributed by atoms with Gasteiger partial charge in [-0.3, -0.25) is 0 Å². The predicted molar refractivity (Wildman–Crippen MR) is 179 cm³/mol. The van der Waals surface area contributed by atoms with Gasteiger partial charge in [0.05, 0.1) is 20.3 Å². The molecule has 0 bridgehead atoms. The first-order chi connectivity index (χ1) is 21.4. The third kappa shape index (κ3) is 3.94. The Bertz CT molecular complexity index is 1930. The normalized spacial score (nSPS) is 19.7. The van der Waals surface area contributed by atoms with Crippen LogP contribution in [0.1, 0.15) is 47.2 Å². The third-order valence-corrected chi connectivity index (χ3v) is 9.89. The Morgan fingerprint density at radius 3 is 2.18 bits per heavy atom. The van der Waals surface area contributed by atoms with E-state index >= 15 is 0 Å². The number of aryl methyl sites for hydroxylation is 1. The maximum atomic E-state index is 7.44. The summed E-state index contributed by atoms with van der Waals surface area (Å²) >= 11 is 0. The van der Waals surface area contributed by atoms with Crippen LogP contribution in [0.2, 0.25) is 0 Å². The number of nitrogens with zero attached hydrogens (tertiary/aromatic N) is 1. The van der Waals surface area contributed by atoms with Gasteiger partial charge in [0, 0.05) is 46.3 Å². The third-order valence-electron chi connectivity index (χ3n) is 9.89. The van der Waals surface area contributed by atoms with Crippen molar-refractivity contribution in [2.24, 2.45) is 0 Å². The number of benzene rings is 5. The summed E-state index contributed by atoms with van der Waals surface area (Å²) < 4.78 is 18.6. The van der Waals surface area contributed by atoms with Crippen LogP contribution in [0.4, 0.5) is 5.69 Å². The van der Waals surface area contributed by atoms with Crippen molar-refractivity contribution in [3.8, 4) is 22.6 Å². The Morgan fingerprint density at radius 2 is 1.48 bits per heavy atom. The van der Waals surface area contributed by atoms with Gasteiger partial charge in [-0.15, -0.1) is 0 Å². The highest BCUT2D eigenvalue weighted by Gasteiger charge is 2.44. The van der Waals surface area contributed by atoms with Gasteiger partial charge in [0.25, 0.3) is 0 Å². The average Bonchev–Trinajstić information content (AvgIpc) is 3.31. The van der Waals surface area contributed by atoms with E-state index in [-0.39, 0.29) is 5.41 Å². The fourth-order valence-electron chi connectivity index (χ4n) is 7.61. The Labute approximate surface area is 259 Å². The summed E-state index contributed by atoms with van der Waals surface area (Å²) in [5.41, 5.74) is 10.2. The molecule has 2 aliphatic heterocycles. The molecular formula is C40H37NO3. The van der Waals surface area contributed by atoms with E-state index in [4.69, 9.17) is 14.2 Å². The van der Waals surface area contributed by atoms with Gasteiger partial charge in [0.2, 0.25) is 0 Å². The Morgan fingerprint density at radius 1 is 0.795 bits per heavy atom. The molecule has 0 saturated carbocycles. The van der Waals surface area contributed by atoms with Gasteiger partial charge in [0.1, 0.15) is 11.5 Å². The molecule has 1 aliphatic carbocycles. The first-order valence-corrected chi connectivity index (χ1v) is 15.6. The zero-order valence-electron chi connectivity index (χ0n) is 25.8. The molecule has 0 spiro atoms. The highest BCUT2D eigenvalue weighted by Crippen LogP contribution is 2.58. The lowest BCUT2D eigenvalue weighted by molar-refractivity contribution is 0.122. The van der Waals surface area contributed by atoms with E-state index in [1.54, 1.807) is 7.11 Å². The number of hydrogen-bond acceptors (Lipinski definition) is 4. The summed E-state index contributed by atoms with van der Waals surface area (Å²) in [6, 6.07) is 32.8. The van der Waals surface area contributed by atoms with E-state index in [2.05, 4.69) is 117 Å². The summed E-state index contributed by atoms with van der Waals surface area (Å²) in [5.74, 6) is 1.76. The monoisotopic (exact) mass is 579 g/mol. The molecule has 4 heteroatoms. The topological polar surface area (TPSA) is 30.9 Å². The van der Waals surface area contributed by atoms with Gasteiger partial charge in [-0.2, -0.15) is 0 Å². The van der Waals surface area contributed by atoms with Gasteiger partial charge in [0.15, 0.2) is 5.60 Å². The number of morpholine rings is 1. The summed E-state index contributed by atoms with van der Waals surface area (Å²) in [6.45, 7) is 10.2. The molecule has 1 atom stereocenters. The minimum Gasteiger partial charge on any atom is -0.497 e. The van der Waals surface area contributed by atoms with Crippen LogP contribution in [0.25, 0.3) is 28.0 Å². The molecule has 2 heterocycles. The molecule has 220 valence electrons. The van der Waals surface area contributed by atoms with Crippen molar-refractivity contribution < 1.29 is 14.2 Å². The number of methoxy groups -OCH3 is 1. The molecule has 3 aliphatic rings. The van der Waals surface area contributed by atoms with Crippen molar-refractivity contribution in [3.63, 3.8) is 0 Å². The first-order valence-electron chi connectivity index (χ1n) is 15.6. The van der Waals surface area contributed by atoms with Crippen LogP contribution in [0.15, 0.2) is 97.1 Å². The predicted octanol–water partition coefficient (Wildman–Crippen LogP) is 8.65. The van der Waals surface area contributed by atoms with Crippen LogP contribution in [0.3, 0.4) is 0 Å². The van der Waals surface area contributed by atoms with Crippen molar-refractivity contribution in [1.82, 2.24) is 0 Å². The minimum atomic E-state index is -0.813. The molecule has 0 amide bonds. The number of ether oxygens (including phenoxy) is 3. The maximum Gasteiger partial charge on any atom is 0.178 e. The molecule has 4 nitrogen and oxygen atoms in total. The average molecular weight is 580 g/mol. The second-order valence-electron chi connectivity index (χ2n) is 12.8. The van der Waals surface area contributed by atoms with Crippen molar-refractivity contribution in [3.05, 3.63) is 130 Å². The molecule has 1 unspecified atom stereocenters. The molecule has 5 aromatic carbocycles. The smallest absolute Gasteiger partial charge is 0.178 e. The molecular weight excluding hydrogens is 542 g/mol. The summed E-state index contributed by atoms with van der Waals surface area (Å²) in [5, 5.41) is 2.37. The van der Waals surface area contributed by atoms with Gasteiger partial charge < -0.3 is 19.1 Å². The highest BCUT2D eigenvalue weighted by molar-refractivity contribution is 6.08. The van der Waals surface area contributed by atoms with Gasteiger partial charge in [-0.05, 0) is 64.9 Å². The fraction of sp³-hybridized carbons (Fsp3) is 0.250. The van der Waals surface area contributed by atoms with E-state index in [1.165, 1.54) is 44.5 Å². The van der Waals surface area contributed by atoms with Crippen LogP contribution in [-0.2, 0) is 15.8 Å². The largest absolute Gasteiger partial charge is 0.497 e. The lowest BCUT2D eigenvalue weighted by atomic mass is 9.76. The van der Waals surface area contributed by atoms with E-state index in [0.29, 0.717) is 0 Å². The number of fused-ring (bicyclic) bond motifs is 8. The molecule has 1 fully saturated rings. The van der Waals surface area contributed by atoms with E-state index in [1.807, 2.05) is 12.1 Å². The standard InChI is InChI=1S/C40H37NO3/c1-26-9-18-33-35(25-26)39(2,3)37-34-19-20-40(28-12-16-30(42-4)17-13-28,44-38(34)32-8-6-5-7-31(32)36(33)37)27-10-14-29(15-11-27)41-21-23-43-24-22-41/h5-20,25H,21-24H2,1-4H3. The van der Waals surface area contributed by atoms with Crippen LogP contribution in [0, 0.1) is 6.92 Å². The zero-order valence-corrected chi connectivity index (χ0v) is 25.8. The molecule has 44 heavy (non-hydrogen) atoms. The molecule has 0 N–H and O–H groups in total. The highest BCUT2D eigenvalue weighted by atomic mass is 16.5. The Balaban J connectivity index is 1.35. The summed E-state index contributed by atoms with van der Waals surface area (Å²) in [7, 11) is 1.70. The number of anilines is 1. The van der Waals surface area contributed by atoms with Crippen LogP contribution in [-0.4, -0.2) is 33.4 Å². The van der Waals surface area contributed by atoms with Crippen molar-refractivity contribution in [2.75, 3.05) is 38.3 Å². The maximum absolute atomic E-state index is 7.44. The quantitative estimate of drug-likeness (QED) is 0.213. The van der Waals surface area contributed by atoms with Gasteiger partial charge in [-0.25, -0.2) is 0 Å². The molecule has 8 rings (SSSR count). The zero-order chi connectivity index (χ0) is 30.1. The second kappa shape index (κ2) is 10.0. The van der Waals surface area contributed by atoms with E-state index in [9.17, 15) is 0 Å². The molecule has 5 aromatic rings. The first kappa shape index (κ1) is 27.0. The molecule has 1 saturated heterocycles. The lowest BCUT2D eigenvalue weighted by Crippen LogP contribution is -2.37. The van der Waals surface area contributed by atoms with Crippen molar-refractivity contribution in [1.29, 1.82) is 0 Å². The minimum absolute atomic E-state index is 0.168. The SMILES string of the molecule is COc1ccc(C2(c3ccc(N4CCOCC4)cc3)C=Cc3c4c(c5ccccc5c3O2)-c2ccc(C)cc2C4(C)C)cc1. The lowest BCUT2D eigenvalue weighted by Gasteiger charge is -2.38. The molecule has 0 aromatic heterocycles. The van der Waals surface area contributed by atoms with Crippen LogP contribution >= 0.6 is 0 Å². The van der Waals surface area contributed by atoms with Gasteiger partial charge >= 0.3 is 0 Å². The fourth-order valence-corrected chi connectivity index (χ4v) is 7.61. The van der Waals surface area contributed by atoms with E-state index < -0.39 is 5.60 Å². The van der Waals surface area contributed by atoms with E-state index in [0.717, 1.165) is 54.3 Å². The Hall–Kier alpha value is -4.54. The Kier molecular flexibility index (Phi) is 6.15. The number of hydrogen-bond donors (Lipinski definition) is 0. The summed E-state index contributed by atoms with van der Waals surface area (Å²) in [6.07, 6.45) is 4.59. The number of rotatable bonds is 4. The van der Waals surface area contributed by atoms with Crippen LogP contribution < -0.4 is 14.4 Å². The second-order valence-corrected chi connectivity index (χ2v) is 12.8. The van der Waals surface area contributed by atoms with Crippen LogP contribution in [0.5, 0.6) is 11.5 Å². The van der Waals surface area contributed by atoms with Crippen molar-refractivity contribution >= 4 is 22.5 Å². The molecule has 0 radical (unpaired) electrons.